The molecule has 1 aromatic carbocycles. The minimum absolute atomic E-state index is 0.232. The Hall–Kier alpha value is -1.35. The number of benzene rings is 1. The zero-order valence-electron chi connectivity index (χ0n) is 14.2. The predicted octanol–water partition coefficient (Wildman–Crippen LogP) is 3.90. The lowest BCUT2D eigenvalue weighted by atomic mass is 10.1. The van der Waals surface area contributed by atoms with Gasteiger partial charge in [0.25, 0.3) is 5.91 Å². The first kappa shape index (κ1) is 21.0. The molecule has 2 N–H and O–H groups in total. The molecule has 26 heavy (non-hydrogen) atoms. The number of amides is 2. The molecule has 0 unspecified atom stereocenters. The van der Waals surface area contributed by atoms with Crippen LogP contribution in [0.3, 0.4) is 0 Å². The normalized spacial score (nSPS) is 11.8. The minimum Gasteiger partial charge on any atom is -0.340 e. The van der Waals surface area contributed by atoms with E-state index in [1.54, 1.807) is 17.8 Å². The second-order valence-electron chi connectivity index (χ2n) is 5.28. The van der Waals surface area contributed by atoms with Gasteiger partial charge in [0, 0.05) is 5.02 Å². The smallest absolute Gasteiger partial charge is 0.253 e. The van der Waals surface area contributed by atoms with Crippen molar-refractivity contribution in [3.63, 3.8) is 0 Å². The summed E-state index contributed by atoms with van der Waals surface area (Å²) < 4.78 is 0. The van der Waals surface area contributed by atoms with Gasteiger partial charge in [-0.1, -0.05) is 41.5 Å². The fourth-order valence-corrected chi connectivity index (χ4v) is 3.70. The zero-order chi connectivity index (χ0) is 19.1. The molecule has 0 saturated carbocycles. The highest BCUT2D eigenvalue weighted by molar-refractivity contribution is 7.98. The van der Waals surface area contributed by atoms with Crippen molar-refractivity contribution in [1.29, 1.82) is 0 Å². The molecule has 0 spiro atoms. The molecule has 0 saturated heterocycles. The van der Waals surface area contributed by atoms with Gasteiger partial charge in [0.2, 0.25) is 11.0 Å². The van der Waals surface area contributed by atoms with Crippen LogP contribution in [0.25, 0.3) is 0 Å². The fourth-order valence-electron chi connectivity index (χ4n) is 2.05. The number of aromatic nitrogens is 2. The van der Waals surface area contributed by atoms with Crippen molar-refractivity contribution in [3.8, 4) is 0 Å². The monoisotopic (exact) mass is 432 g/mol. The summed E-state index contributed by atoms with van der Waals surface area (Å²) in [6.07, 6.45) is 3.16. The number of carbonyl (C=O) groups is 2. The van der Waals surface area contributed by atoms with Crippen LogP contribution in [0.15, 0.2) is 18.2 Å². The van der Waals surface area contributed by atoms with E-state index in [-0.39, 0.29) is 16.5 Å². The molecule has 1 heterocycles. The third-order valence-corrected chi connectivity index (χ3v) is 5.58. The molecule has 1 atom stereocenters. The van der Waals surface area contributed by atoms with E-state index in [9.17, 15) is 9.59 Å². The van der Waals surface area contributed by atoms with E-state index in [1.165, 1.54) is 23.5 Å². The van der Waals surface area contributed by atoms with Gasteiger partial charge in [-0.3, -0.25) is 14.9 Å². The molecule has 0 bridgehead atoms. The van der Waals surface area contributed by atoms with Crippen LogP contribution in [0.2, 0.25) is 10.0 Å². The van der Waals surface area contributed by atoms with Crippen molar-refractivity contribution in [2.75, 3.05) is 17.3 Å². The Morgan fingerprint density at radius 1 is 1.31 bits per heavy atom. The molecule has 1 aromatic heterocycles. The highest BCUT2D eigenvalue weighted by Gasteiger charge is 2.23. The second-order valence-corrected chi connectivity index (χ2v) is 8.17. The van der Waals surface area contributed by atoms with Crippen molar-refractivity contribution in [2.24, 2.45) is 0 Å². The number of halogens is 2. The number of nitrogens with one attached hydrogen (secondary N) is 2. The highest BCUT2D eigenvalue weighted by Crippen LogP contribution is 2.21. The molecule has 2 amide bonds. The van der Waals surface area contributed by atoms with Gasteiger partial charge in [0.15, 0.2) is 0 Å². The van der Waals surface area contributed by atoms with Crippen LogP contribution >= 0.6 is 46.3 Å². The maximum absolute atomic E-state index is 12.6. The lowest BCUT2D eigenvalue weighted by Gasteiger charge is -2.17. The van der Waals surface area contributed by atoms with Crippen LogP contribution in [0.5, 0.6) is 0 Å². The Bertz CT molecular complexity index is 785. The average molecular weight is 433 g/mol. The largest absolute Gasteiger partial charge is 0.340 e. The summed E-state index contributed by atoms with van der Waals surface area (Å²) in [6, 6.07) is 3.88. The molecule has 0 radical (unpaired) electrons. The van der Waals surface area contributed by atoms with Crippen LogP contribution < -0.4 is 10.6 Å². The molecular formula is C16H18Cl2N4O2S2. The van der Waals surface area contributed by atoms with E-state index in [1.807, 2.05) is 13.2 Å². The molecule has 140 valence electrons. The van der Waals surface area contributed by atoms with Crippen molar-refractivity contribution >= 4 is 63.2 Å². The molecule has 0 fully saturated rings. The lowest BCUT2D eigenvalue weighted by Crippen LogP contribution is -2.44. The topological polar surface area (TPSA) is 84.0 Å². The first-order valence-electron chi connectivity index (χ1n) is 7.82. The molecule has 6 nitrogen and oxygen atoms in total. The van der Waals surface area contributed by atoms with Crippen LogP contribution in [0.1, 0.15) is 28.7 Å². The van der Waals surface area contributed by atoms with Gasteiger partial charge in [0.05, 0.1) is 10.6 Å². The van der Waals surface area contributed by atoms with Gasteiger partial charge < -0.3 is 5.32 Å². The number of aryl methyl sites for hydroxylation is 1. The Balaban J connectivity index is 2.09. The number of nitrogens with zero attached hydrogens (tertiary/aromatic N) is 2. The average Bonchev–Trinajstić information content (AvgIpc) is 3.05. The quantitative estimate of drug-likeness (QED) is 0.660. The third-order valence-electron chi connectivity index (χ3n) is 3.41. The van der Waals surface area contributed by atoms with Crippen molar-refractivity contribution in [2.45, 2.75) is 25.8 Å². The molecule has 2 aromatic rings. The lowest BCUT2D eigenvalue weighted by molar-refractivity contribution is -0.118. The van der Waals surface area contributed by atoms with Gasteiger partial charge in [-0.05, 0) is 43.0 Å². The van der Waals surface area contributed by atoms with E-state index in [4.69, 9.17) is 23.2 Å². The number of thioether (sulfide) groups is 1. The molecule has 0 aliphatic heterocycles. The van der Waals surface area contributed by atoms with E-state index in [0.29, 0.717) is 22.3 Å². The summed E-state index contributed by atoms with van der Waals surface area (Å²) in [5, 5.41) is 15.3. The van der Waals surface area contributed by atoms with Crippen molar-refractivity contribution in [1.82, 2.24) is 15.5 Å². The van der Waals surface area contributed by atoms with Gasteiger partial charge in [-0.15, -0.1) is 10.2 Å². The summed E-state index contributed by atoms with van der Waals surface area (Å²) in [7, 11) is 0. The van der Waals surface area contributed by atoms with Crippen LogP contribution in [0, 0.1) is 0 Å². The number of carbonyl (C=O) groups excluding carboxylic acids is 2. The van der Waals surface area contributed by atoms with Crippen molar-refractivity contribution in [3.05, 3.63) is 38.8 Å². The van der Waals surface area contributed by atoms with Gasteiger partial charge in [-0.2, -0.15) is 11.8 Å². The SMILES string of the molecule is CCc1nnc(NC(=O)[C@@H](CCSC)NC(=O)c2ccc(Cl)cc2Cl)s1. The number of hydrogen-bond acceptors (Lipinski definition) is 6. The Kier molecular flexibility index (Phi) is 8.15. The van der Waals surface area contributed by atoms with Gasteiger partial charge in [0.1, 0.15) is 11.0 Å². The van der Waals surface area contributed by atoms with Crippen molar-refractivity contribution < 1.29 is 9.59 Å². The molecule has 2 rings (SSSR count). The second kappa shape index (κ2) is 10.1. The summed E-state index contributed by atoms with van der Waals surface area (Å²) in [5.41, 5.74) is 0.266. The van der Waals surface area contributed by atoms with E-state index >= 15 is 0 Å². The predicted molar refractivity (Wildman–Crippen MR) is 109 cm³/mol. The summed E-state index contributed by atoms with van der Waals surface area (Å²) in [4.78, 5) is 25.1. The minimum atomic E-state index is -0.712. The molecule has 10 heteroatoms. The highest BCUT2D eigenvalue weighted by atomic mass is 35.5. The van der Waals surface area contributed by atoms with E-state index in [0.717, 1.165) is 11.4 Å². The maximum Gasteiger partial charge on any atom is 0.253 e. The Morgan fingerprint density at radius 3 is 2.69 bits per heavy atom. The van der Waals surface area contributed by atoms with Gasteiger partial charge in [-0.25, -0.2) is 0 Å². The van der Waals surface area contributed by atoms with Gasteiger partial charge >= 0.3 is 0 Å². The van der Waals surface area contributed by atoms with Crippen LogP contribution in [0.4, 0.5) is 5.13 Å². The number of rotatable bonds is 8. The van der Waals surface area contributed by atoms with E-state index < -0.39 is 11.9 Å². The Morgan fingerprint density at radius 2 is 2.08 bits per heavy atom. The first-order chi connectivity index (χ1) is 12.4. The summed E-state index contributed by atoms with van der Waals surface area (Å²) in [6.45, 7) is 1.96. The van der Waals surface area contributed by atoms with Crippen LogP contribution in [-0.4, -0.2) is 40.1 Å². The zero-order valence-corrected chi connectivity index (χ0v) is 17.4. The van der Waals surface area contributed by atoms with E-state index in [2.05, 4.69) is 20.8 Å². The Labute approximate surface area is 170 Å². The molecular weight excluding hydrogens is 415 g/mol. The number of anilines is 1. The maximum atomic E-state index is 12.6. The standard InChI is InChI=1S/C16H18Cl2N4O2S2/c1-3-13-21-22-16(26-13)20-15(24)12(6-7-25-2)19-14(23)10-5-4-9(17)8-11(10)18/h4-5,8,12H,3,6-7H2,1-2H3,(H,19,23)(H,20,22,24)/t12-/m1/s1. The molecule has 0 aliphatic rings. The van der Waals surface area contributed by atoms with Crippen LogP contribution in [-0.2, 0) is 11.2 Å². The number of hydrogen-bond donors (Lipinski definition) is 2. The third kappa shape index (κ3) is 5.84. The first-order valence-corrected chi connectivity index (χ1v) is 10.8. The fraction of sp³-hybridized carbons (Fsp3) is 0.375. The summed E-state index contributed by atoms with van der Waals surface area (Å²) >= 11 is 14.8. The summed E-state index contributed by atoms with van der Waals surface area (Å²) in [5.74, 6) is -0.0565. The molecule has 0 aliphatic carbocycles.